The lowest BCUT2D eigenvalue weighted by molar-refractivity contribution is 0.475. The molecule has 20 heavy (non-hydrogen) atoms. The number of phenolic OH excluding ortho intramolecular Hbond substituents is 1. The predicted octanol–water partition coefficient (Wildman–Crippen LogP) is 1.85. The van der Waals surface area contributed by atoms with Crippen molar-refractivity contribution < 1.29 is 13.5 Å². The molecule has 1 aromatic carbocycles. The molecule has 0 fully saturated rings. The highest BCUT2D eigenvalue weighted by Crippen LogP contribution is 2.20. The van der Waals surface area contributed by atoms with Crippen molar-refractivity contribution in [2.24, 2.45) is 0 Å². The molecule has 0 saturated carbocycles. The van der Waals surface area contributed by atoms with E-state index in [-0.39, 0.29) is 16.5 Å². The fraction of sp³-hybridized carbons (Fsp3) is 0.154. The van der Waals surface area contributed by atoms with Crippen molar-refractivity contribution in [2.45, 2.75) is 10.6 Å². The number of thiophene rings is 1. The van der Waals surface area contributed by atoms with Gasteiger partial charge in [-0.1, -0.05) is 12.1 Å². The average molecular weight is 308 g/mol. The monoisotopic (exact) mass is 308 g/mol. The molecular weight excluding hydrogens is 296 g/mol. The van der Waals surface area contributed by atoms with Crippen molar-refractivity contribution in [3.63, 3.8) is 0 Å². The molecule has 2 aromatic rings. The van der Waals surface area contributed by atoms with E-state index < -0.39 is 10.0 Å². The largest absolute Gasteiger partial charge is 0.508 e. The summed E-state index contributed by atoms with van der Waals surface area (Å²) < 4.78 is 26.5. The molecule has 0 spiro atoms. The molecule has 0 unspecified atom stereocenters. The van der Waals surface area contributed by atoms with Crippen LogP contribution in [0, 0.1) is 11.3 Å². The van der Waals surface area contributed by atoms with Gasteiger partial charge in [-0.15, -0.1) is 11.3 Å². The van der Waals surface area contributed by atoms with Crippen molar-refractivity contribution in [3.8, 4) is 11.8 Å². The van der Waals surface area contributed by atoms with E-state index in [0.717, 1.165) is 16.9 Å². The second-order valence-electron chi connectivity index (χ2n) is 4.04. The number of hydrogen-bond acceptors (Lipinski definition) is 5. The van der Waals surface area contributed by atoms with Gasteiger partial charge in [0.1, 0.15) is 20.9 Å². The van der Waals surface area contributed by atoms with Crippen molar-refractivity contribution in [2.75, 3.05) is 6.54 Å². The molecule has 0 aliphatic rings. The maximum atomic E-state index is 12.0. The van der Waals surface area contributed by atoms with Crippen molar-refractivity contribution in [1.82, 2.24) is 4.72 Å². The van der Waals surface area contributed by atoms with E-state index in [9.17, 15) is 8.42 Å². The van der Waals surface area contributed by atoms with E-state index in [1.807, 2.05) is 6.07 Å². The molecule has 5 nitrogen and oxygen atoms in total. The van der Waals surface area contributed by atoms with Crippen LogP contribution in [-0.4, -0.2) is 20.1 Å². The van der Waals surface area contributed by atoms with Gasteiger partial charge in [0.15, 0.2) is 0 Å². The summed E-state index contributed by atoms with van der Waals surface area (Å²) in [5.41, 5.74) is 0.925. The maximum absolute atomic E-state index is 12.0. The lowest BCUT2D eigenvalue weighted by atomic mass is 10.1. The number of benzene rings is 1. The van der Waals surface area contributed by atoms with Gasteiger partial charge in [0.05, 0.1) is 0 Å². The Kier molecular flexibility index (Phi) is 4.39. The van der Waals surface area contributed by atoms with Crippen LogP contribution in [0.2, 0.25) is 0 Å². The lowest BCUT2D eigenvalue weighted by Gasteiger charge is -2.05. The predicted molar refractivity (Wildman–Crippen MR) is 76.0 cm³/mol. The van der Waals surface area contributed by atoms with Gasteiger partial charge in [0, 0.05) is 6.54 Å². The zero-order chi connectivity index (χ0) is 14.6. The van der Waals surface area contributed by atoms with E-state index in [0.29, 0.717) is 11.3 Å². The van der Waals surface area contributed by atoms with Crippen LogP contribution < -0.4 is 4.72 Å². The van der Waals surface area contributed by atoms with E-state index >= 15 is 0 Å². The van der Waals surface area contributed by atoms with Gasteiger partial charge >= 0.3 is 0 Å². The highest BCUT2D eigenvalue weighted by molar-refractivity contribution is 7.91. The summed E-state index contributed by atoms with van der Waals surface area (Å²) in [5, 5.41) is 17.8. The van der Waals surface area contributed by atoms with Gasteiger partial charge in [0.25, 0.3) is 0 Å². The number of nitrogens with zero attached hydrogens (tertiary/aromatic N) is 1. The number of nitrogens with one attached hydrogen (secondary N) is 1. The van der Waals surface area contributed by atoms with E-state index in [4.69, 9.17) is 10.4 Å². The summed E-state index contributed by atoms with van der Waals surface area (Å²) in [6, 6.07) is 11.4. The number of sulfonamides is 1. The molecule has 0 bridgehead atoms. The molecule has 1 heterocycles. The summed E-state index contributed by atoms with van der Waals surface area (Å²) in [5.74, 6) is 0.178. The van der Waals surface area contributed by atoms with Crippen LogP contribution >= 0.6 is 11.3 Å². The minimum absolute atomic E-state index is 0.139. The van der Waals surface area contributed by atoms with E-state index in [2.05, 4.69) is 4.72 Å². The Hall–Kier alpha value is -1.88. The molecule has 0 atom stereocenters. The third-order valence-corrected chi connectivity index (χ3v) is 5.54. The van der Waals surface area contributed by atoms with Gasteiger partial charge in [-0.2, -0.15) is 5.26 Å². The minimum atomic E-state index is -3.56. The fourth-order valence-electron chi connectivity index (χ4n) is 1.59. The Bertz CT molecular complexity index is 728. The molecular formula is C13H12N2O3S2. The first-order valence-electron chi connectivity index (χ1n) is 5.79. The van der Waals surface area contributed by atoms with Gasteiger partial charge in [-0.3, -0.25) is 0 Å². The Labute approximate surface area is 121 Å². The second-order valence-corrected chi connectivity index (χ2v) is 7.12. The molecule has 1 aromatic heterocycles. The normalized spacial score (nSPS) is 11.2. The Morgan fingerprint density at radius 3 is 2.50 bits per heavy atom. The molecule has 7 heteroatoms. The van der Waals surface area contributed by atoms with E-state index in [1.54, 1.807) is 24.3 Å². The molecule has 2 N–H and O–H groups in total. The van der Waals surface area contributed by atoms with Crippen LogP contribution in [0.4, 0.5) is 0 Å². The molecule has 0 aliphatic heterocycles. The van der Waals surface area contributed by atoms with Gasteiger partial charge in [0.2, 0.25) is 10.0 Å². The standard InChI is InChI=1S/C13H12N2O3S2/c14-9-12-5-6-13(19-12)20(17,18)15-8-7-10-1-3-11(16)4-2-10/h1-6,15-16H,7-8H2. The number of aromatic hydroxyl groups is 1. The van der Waals surface area contributed by atoms with Crippen LogP contribution in [0.3, 0.4) is 0 Å². The maximum Gasteiger partial charge on any atom is 0.250 e. The van der Waals surface area contributed by atoms with Crippen LogP contribution in [0.5, 0.6) is 5.75 Å². The third kappa shape index (κ3) is 3.57. The first-order valence-corrected chi connectivity index (χ1v) is 8.09. The highest BCUT2D eigenvalue weighted by atomic mass is 32.2. The topological polar surface area (TPSA) is 90.2 Å². The molecule has 0 amide bonds. The number of hydrogen-bond donors (Lipinski definition) is 2. The van der Waals surface area contributed by atoms with Crippen LogP contribution in [-0.2, 0) is 16.4 Å². The second kappa shape index (κ2) is 6.05. The zero-order valence-electron chi connectivity index (χ0n) is 10.4. The average Bonchev–Trinajstić information content (AvgIpc) is 2.90. The number of rotatable bonds is 5. The Morgan fingerprint density at radius 2 is 1.90 bits per heavy atom. The van der Waals surface area contributed by atoms with Gasteiger partial charge < -0.3 is 5.11 Å². The molecule has 2 rings (SSSR count). The Morgan fingerprint density at radius 1 is 1.20 bits per heavy atom. The first-order chi connectivity index (χ1) is 9.51. The van der Waals surface area contributed by atoms with Crippen LogP contribution in [0.15, 0.2) is 40.6 Å². The summed E-state index contributed by atoms with van der Waals surface area (Å²) in [6.07, 6.45) is 0.524. The third-order valence-electron chi connectivity index (χ3n) is 2.60. The molecule has 0 aliphatic carbocycles. The van der Waals surface area contributed by atoms with Crippen molar-refractivity contribution in [3.05, 3.63) is 46.8 Å². The smallest absolute Gasteiger partial charge is 0.250 e. The highest BCUT2D eigenvalue weighted by Gasteiger charge is 2.16. The molecule has 104 valence electrons. The quantitative estimate of drug-likeness (QED) is 0.882. The number of phenols is 1. The summed E-state index contributed by atoms with van der Waals surface area (Å²) in [7, 11) is -3.56. The fourth-order valence-corrected chi connectivity index (χ4v) is 3.77. The van der Waals surface area contributed by atoms with Crippen molar-refractivity contribution in [1.29, 1.82) is 5.26 Å². The SMILES string of the molecule is N#Cc1ccc(S(=O)(=O)NCCc2ccc(O)cc2)s1. The molecule has 0 radical (unpaired) electrons. The van der Waals surface area contributed by atoms with E-state index in [1.165, 1.54) is 12.1 Å². The summed E-state index contributed by atoms with van der Waals surface area (Å²) >= 11 is 0.943. The van der Waals surface area contributed by atoms with Crippen molar-refractivity contribution >= 4 is 21.4 Å². The minimum Gasteiger partial charge on any atom is -0.508 e. The van der Waals surface area contributed by atoms with Crippen LogP contribution in [0.25, 0.3) is 0 Å². The van der Waals surface area contributed by atoms with Gasteiger partial charge in [-0.25, -0.2) is 13.1 Å². The summed E-state index contributed by atoms with van der Waals surface area (Å²) in [4.78, 5) is 0.365. The molecule has 0 saturated heterocycles. The van der Waals surface area contributed by atoms with Gasteiger partial charge in [-0.05, 0) is 36.2 Å². The zero-order valence-corrected chi connectivity index (χ0v) is 12.0. The number of nitriles is 1. The lowest BCUT2D eigenvalue weighted by Crippen LogP contribution is -2.25. The summed E-state index contributed by atoms with van der Waals surface area (Å²) in [6.45, 7) is 0.257. The first kappa shape index (κ1) is 14.5. The Balaban J connectivity index is 1.96. The van der Waals surface area contributed by atoms with Crippen LogP contribution in [0.1, 0.15) is 10.4 Å².